The molecule has 0 radical (unpaired) electrons. The zero-order valence-electron chi connectivity index (χ0n) is 24.1. The molecule has 0 saturated carbocycles. The summed E-state index contributed by atoms with van der Waals surface area (Å²) in [5.74, 6) is -30.3. The van der Waals surface area contributed by atoms with Crippen LogP contribution in [0.2, 0.25) is 0 Å². The van der Waals surface area contributed by atoms with Crippen molar-refractivity contribution in [1.82, 2.24) is 0 Å². The van der Waals surface area contributed by atoms with Crippen LogP contribution in [-0.2, 0) is 43.4 Å². The first-order valence-electron chi connectivity index (χ1n) is 12.3. The van der Waals surface area contributed by atoms with E-state index in [1.807, 2.05) is 0 Å². The maximum absolute atomic E-state index is 13.9. The molecule has 0 fully saturated rings. The summed E-state index contributed by atoms with van der Waals surface area (Å²) < 4.78 is 307. The molecule has 0 saturated heterocycles. The van der Waals surface area contributed by atoms with E-state index in [9.17, 15) is 106 Å². The van der Waals surface area contributed by atoms with Gasteiger partial charge in [0, 0.05) is 6.42 Å². The number of alkyl halides is 20. The molecule has 0 rings (SSSR count). The predicted octanol–water partition coefficient (Wildman–Crippen LogP) is 4.88. The monoisotopic (exact) mass is 870 g/mol. The third-order valence-corrected chi connectivity index (χ3v) is 6.43. The Labute approximate surface area is 302 Å². The van der Waals surface area contributed by atoms with Crippen LogP contribution in [0.5, 0.6) is 0 Å². The molecular formula is C20H19F20NaO11S. The van der Waals surface area contributed by atoms with Crippen LogP contribution in [0.25, 0.3) is 0 Å². The fourth-order valence-electron chi connectivity index (χ4n) is 2.68. The first-order valence-corrected chi connectivity index (χ1v) is 13.9. The molecule has 0 spiro atoms. The number of hydrogen-bond acceptors (Lipinski definition) is 9. The Balaban J connectivity index is 0. The van der Waals surface area contributed by atoms with Crippen LogP contribution < -0.4 is 0 Å². The van der Waals surface area contributed by atoms with Crippen molar-refractivity contribution in [1.29, 1.82) is 0 Å². The number of ether oxygens (including phenoxy) is 5. The fourth-order valence-corrected chi connectivity index (χ4v) is 3.33. The Bertz CT molecular complexity index is 1310. The zero-order valence-corrected chi connectivity index (χ0v) is 24.9. The van der Waals surface area contributed by atoms with Gasteiger partial charge in [0.15, 0.2) is 5.25 Å². The van der Waals surface area contributed by atoms with Gasteiger partial charge < -0.3 is 19.3 Å². The molecular weight excluding hydrogens is 851 g/mol. The molecule has 0 heterocycles. The van der Waals surface area contributed by atoms with Crippen LogP contribution in [0.1, 0.15) is 12.8 Å². The first kappa shape index (κ1) is 53.4. The molecule has 33 heteroatoms. The second-order valence-corrected chi connectivity index (χ2v) is 11.2. The molecule has 0 aliphatic rings. The topological polar surface area (TPSA) is 155 Å². The summed E-state index contributed by atoms with van der Waals surface area (Å²) in [4.78, 5) is 22.9. The number of esters is 1. The van der Waals surface area contributed by atoms with Crippen LogP contribution in [0, 0.1) is 0 Å². The van der Waals surface area contributed by atoms with E-state index < -0.39 is 134 Å². The average Bonchev–Trinajstić information content (AvgIpc) is 2.91. The molecule has 0 aliphatic carbocycles. The Hall–Kier alpha value is -1.71. The van der Waals surface area contributed by atoms with E-state index in [0.717, 1.165) is 0 Å². The van der Waals surface area contributed by atoms with E-state index in [1.165, 1.54) is 0 Å². The van der Waals surface area contributed by atoms with Crippen molar-refractivity contribution in [3.63, 3.8) is 0 Å². The van der Waals surface area contributed by atoms with Crippen molar-refractivity contribution >= 4 is 51.6 Å². The quantitative estimate of drug-likeness (QED) is 0.0504. The third-order valence-electron chi connectivity index (χ3n) is 5.35. The second kappa shape index (κ2) is 18.5. The van der Waals surface area contributed by atoms with Gasteiger partial charge in [-0.05, 0) is 0 Å². The molecule has 11 nitrogen and oxygen atoms in total. The van der Waals surface area contributed by atoms with Gasteiger partial charge in [0.25, 0.3) is 22.8 Å². The Kier molecular flexibility index (Phi) is 18.6. The van der Waals surface area contributed by atoms with Crippen molar-refractivity contribution in [2.75, 3.05) is 26.4 Å². The summed E-state index contributed by atoms with van der Waals surface area (Å²) in [6, 6.07) is 0. The molecule has 4 atom stereocenters. The Morgan fingerprint density at radius 1 is 0.642 bits per heavy atom. The molecule has 0 aliphatic heterocycles. The molecule has 0 aromatic rings. The Morgan fingerprint density at radius 3 is 1.32 bits per heavy atom. The number of hydrogen-bond donors (Lipinski definition) is 2. The van der Waals surface area contributed by atoms with Gasteiger partial charge in [-0.2, -0.15) is 87.4 Å². The van der Waals surface area contributed by atoms with Gasteiger partial charge in [-0.3, -0.25) is 23.6 Å². The summed E-state index contributed by atoms with van der Waals surface area (Å²) in [6.45, 7) is -8.78. The molecule has 0 amide bonds. The molecule has 4 unspecified atom stereocenters. The maximum atomic E-state index is 13.9. The van der Waals surface area contributed by atoms with Crippen LogP contribution >= 0.6 is 0 Å². The van der Waals surface area contributed by atoms with Gasteiger partial charge in [-0.25, -0.2) is 8.78 Å². The van der Waals surface area contributed by atoms with Gasteiger partial charge in [-0.1, -0.05) is 0 Å². The van der Waals surface area contributed by atoms with Crippen molar-refractivity contribution in [3.8, 4) is 0 Å². The number of carbonyl (C=O) groups excluding carboxylic acids is 1. The van der Waals surface area contributed by atoms with E-state index in [0.29, 0.717) is 0 Å². The Morgan fingerprint density at radius 2 is 1.00 bits per heavy atom. The number of aliphatic carboxylic acids is 1. The number of carboxylic acid groups (broad SMARTS) is 1. The van der Waals surface area contributed by atoms with Gasteiger partial charge >= 0.3 is 89.8 Å². The minimum atomic E-state index is -7.28. The number of carbonyl (C=O) groups is 2. The summed E-state index contributed by atoms with van der Waals surface area (Å²) in [7, 11) is -5.75. The molecule has 2 N–H and O–H groups in total. The number of halogens is 20. The van der Waals surface area contributed by atoms with Crippen molar-refractivity contribution in [3.05, 3.63) is 0 Å². The number of rotatable bonds is 22. The third kappa shape index (κ3) is 14.7. The van der Waals surface area contributed by atoms with Crippen molar-refractivity contribution < 1.29 is 139 Å². The van der Waals surface area contributed by atoms with Gasteiger partial charge in [0.2, 0.25) is 0 Å². The number of carboxylic acids is 1. The minimum absolute atomic E-state index is 0. The van der Waals surface area contributed by atoms with E-state index in [4.69, 9.17) is 9.66 Å². The van der Waals surface area contributed by atoms with Crippen LogP contribution in [0.15, 0.2) is 0 Å². The fraction of sp³-hybridized carbons (Fsp3) is 0.900. The summed E-state index contributed by atoms with van der Waals surface area (Å²) >= 11 is 0. The van der Waals surface area contributed by atoms with Crippen LogP contribution in [0.3, 0.4) is 0 Å². The van der Waals surface area contributed by atoms with Gasteiger partial charge in [0.1, 0.15) is 19.3 Å². The van der Waals surface area contributed by atoms with Crippen LogP contribution in [-0.4, -0.2) is 158 Å². The standard InChI is InChI=1S/C20H18F20O11S.Na.H/c21-11(50-19(37,38)15(27,28)17(31,32)33)13(23,24)5-47-2-1-7(49-10(43)8(3-9(41)42)52(44,45)46)4-48-6-14(25,26)12(22)51-20(39,40)16(29,30)18(34,35)36;;/h7-8,11-12H,1-6H2,(H,41,42)(H,44,45,46);;. The second-order valence-electron chi connectivity index (χ2n) is 9.58. The first-order chi connectivity index (χ1) is 22.8. The van der Waals surface area contributed by atoms with Gasteiger partial charge in [-0.15, -0.1) is 0 Å². The molecule has 0 aromatic carbocycles. The normalized spacial score (nSPS) is 16.7. The van der Waals surface area contributed by atoms with Crippen LogP contribution in [0.4, 0.5) is 87.8 Å². The molecule has 312 valence electrons. The van der Waals surface area contributed by atoms with Gasteiger partial charge in [0.05, 0.1) is 19.6 Å². The molecule has 0 aromatic heterocycles. The summed E-state index contributed by atoms with van der Waals surface area (Å²) in [5.41, 5.74) is 0. The predicted molar refractivity (Wildman–Crippen MR) is 125 cm³/mol. The zero-order chi connectivity index (χ0) is 41.7. The summed E-state index contributed by atoms with van der Waals surface area (Å²) in [6.07, 6.45) is -44.3. The SMILES string of the molecule is O=C(O)CC(C(=O)OC(CCOCC(F)(F)C(F)OC(F)(F)C(F)(F)C(F)(F)F)COCC(F)(F)C(F)OC(F)(F)C(F)(F)C(F)(F)F)S(=O)(=O)O.[NaH]. The van der Waals surface area contributed by atoms with E-state index in [-0.39, 0.29) is 29.6 Å². The molecule has 53 heavy (non-hydrogen) atoms. The van der Waals surface area contributed by atoms with E-state index in [1.54, 1.807) is 0 Å². The van der Waals surface area contributed by atoms with E-state index in [2.05, 4.69) is 23.7 Å². The van der Waals surface area contributed by atoms with E-state index >= 15 is 0 Å². The molecule has 0 bridgehead atoms. The van der Waals surface area contributed by atoms with Crippen molar-refractivity contribution in [2.45, 2.75) is 85.2 Å². The summed E-state index contributed by atoms with van der Waals surface area (Å²) in [5, 5.41) is 5.55. The van der Waals surface area contributed by atoms with Crippen molar-refractivity contribution in [2.24, 2.45) is 0 Å². The average molecular weight is 870 g/mol.